The lowest BCUT2D eigenvalue weighted by molar-refractivity contribution is 0.103. The second-order valence-electron chi connectivity index (χ2n) is 7.84. The Morgan fingerprint density at radius 1 is 0.742 bits per heavy atom. The lowest BCUT2D eigenvalue weighted by atomic mass is 10.1. The van der Waals surface area contributed by atoms with Gasteiger partial charge < -0.3 is 9.67 Å². The molecule has 0 fully saturated rings. The summed E-state index contributed by atoms with van der Waals surface area (Å²) in [5.74, 6) is -0.222. The molecule has 31 heavy (non-hydrogen) atoms. The van der Waals surface area contributed by atoms with Crippen LogP contribution in [-0.4, -0.2) is 21.1 Å². The average Bonchev–Trinajstić information content (AvgIpc) is 3.23. The SMILES string of the molecule is OC(CN(Cc1ccccc1)Cc1cccn1Cc1ccc(F)cc1)c1ccccc1. The van der Waals surface area contributed by atoms with Gasteiger partial charge in [-0.25, -0.2) is 4.39 Å². The largest absolute Gasteiger partial charge is 0.387 e. The predicted molar refractivity (Wildman–Crippen MR) is 122 cm³/mol. The molecule has 4 rings (SSSR count). The Hall–Kier alpha value is -3.21. The molecule has 3 nitrogen and oxygen atoms in total. The number of aliphatic hydroxyl groups excluding tert-OH is 1. The lowest BCUT2D eigenvalue weighted by Gasteiger charge is -2.26. The molecule has 1 atom stereocenters. The van der Waals surface area contributed by atoms with Crippen LogP contribution in [0.1, 0.15) is 28.5 Å². The minimum absolute atomic E-state index is 0.222. The molecule has 0 saturated carbocycles. The van der Waals surface area contributed by atoms with Crippen molar-refractivity contribution in [1.82, 2.24) is 9.47 Å². The summed E-state index contributed by atoms with van der Waals surface area (Å²) in [5, 5.41) is 10.8. The summed E-state index contributed by atoms with van der Waals surface area (Å²) >= 11 is 0. The van der Waals surface area contributed by atoms with E-state index in [2.05, 4.69) is 27.7 Å². The van der Waals surface area contributed by atoms with Crippen LogP contribution in [0.15, 0.2) is 103 Å². The summed E-state index contributed by atoms with van der Waals surface area (Å²) in [6, 6.07) is 30.9. The van der Waals surface area contributed by atoms with E-state index in [1.165, 1.54) is 17.7 Å². The Kier molecular flexibility index (Phi) is 6.92. The van der Waals surface area contributed by atoms with Gasteiger partial charge in [0.1, 0.15) is 5.82 Å². The Labute approximate surface area is 183 Å². The molecule has 1 aromatic heterocycles. The van der Waals surface area contributed by atoms with Crippen molar-refractivity contribution in [3.63, 3.8) is 0 Å². The number of halogens is 1. The zero-order valence-corrected chi connectivity index (χ0v) is 17.4. The third-order valence-electron chi connectivity index (χ3n) is 5.44. The second-order valence-corrected chi connectivity index (χ2v) is 7.84. The highest BCUT2D eigenvalue weighted by Crippen LogP contribution is 2.19. The van der Waals surface area contributed by atoms with E-state index < -0.39 is 6.10 Å². The quantitative estimate of drug-likeness (QED) is 0.397. The number of nitrogens with zero attached hydrogens (tertiary/aromatic N) is 2. The number of hydrogen-bond donors (Lipinski definition) is 1. The van der Waals surface area contributed by atoms with Crippen molar-refractivity contribution in [2.75, 3.05) is 6.54 Å². The molecule has 0 saturated heterocycles. The summed E-state index contributed by atoms with van der Waals surface area (Å²) < 4.78 is 15.4. The number of rotatable bonds is 9. The summed E-state index contributed by atoms with van der Waals surface area (Å²) in [6.07, 6.45) is 1.48. The fourth-order valence-electron chi connectivity index (χ4n) is 3.81. The van der Waals surface area contributed by atoms with E-state index in [-0.39, 0.29) is 5.82 Å². The molecule has 0 aliphatic carbocycles. The van der Waals surface area contributed by atoms with Crippen LogP contribution in [0, 0.1) is 5.82 Å². The first-order chi connectivity index (χ1) is 15.2. The first-order valence-electron chi connectivity index (χ1n) is 10.5. The molecule has 4 heteroatoms. The molecule has 1 N–H and O–H groups in total. The smallest absolute Gasteiger partial charge is 0.123 e. The fraction of sp³-hybridized carbons (Fsp3) is 0.185. The molecule has 4 aromatic rings. The van der Waals surface area contributed by atoms with E-state index in [1.54, 1.807) is 0 Å². The van der Waals surface area contributed by atoms with Crippen LogP contribution in [-0.2, 0) is 19.6 Å². The van der Waals surface area contributed by atoms with Crippen molar-refractivity contribution in [1.29, 1.82) is 0 Å². The first-order valence-corrected chi connectivity index (χ1v) is 10.5. The molecular formula is C27H27FN2O. The summed E-state index contributed by atoms with van der Waals surface area (Å²) in [4.78, 5) is 2.27. The number of hydrogen-bond acceptors (Lipinski definition) is 2. The first kappa shape index (κ1) is 21.0. The molecular weight excluding hydrogens is 387 g/mol. The summed E-state index contributed by atoms with van der Waals surface area (Å²) in [6.45, 7) is 2.66. The van der Waals surface area contributed by atoms with Gasteiger partial charge >= 0.3 is 0 Å². The molecule has 3 aromatic carbocycles. The Balaban J connectivity index is 1.52. The van der Waals surface area contributed by atoms with E-state index >= 15 is 0 Å². The van der Waals surface area contributed by atoms with Crippen LogP contribution >= 0.6 is 0 Å². The highest BCUT2D eigenvalue weighted by molar-refractivity contribution is 5.20. The standard InChI is InChI=1S/C27H27FN2O/c28-25-15-13-23(14-16-25)19-30-17-7-12-26(30)20-29(18-22-8-3-1-4-9-22)21-27(31)24-10-5-2-6-11-24/h1-17,27,31H,18-21H2. The minimum Gasteiger partial charge on any atom is -0.387 e. The van der Waals surface area contributed by atoms with E-state index in [0.717, 1.165) is 23.4 Å². The van der Waals surface area contributed by atoms with Gasteiger partial charge in [0, 0.05) is 38.1 Å². The van der Waals surface area contributed by atoms with Crippen molar-refractivity contribution in [2.24, 2.45) is 0 Å². The number of aliphatic hydroxyl groups is 1. The van der Waals surface area contributed by atoms with Gasteiger partial charge in [-0.15, -0.1) is 0 Å². The molecule has 1 heterocycles. The fourth-order valence-corrected chi connectivity index (χ4v) is 3.81. The average molecular weight is 415 g/mol. The van der Waals surface area contributed by atoms with E-state index in [9.17, 15) is 9.50 Å². The molecule has 158 valence electrons. The topological polar surface area (TPSA) is 28.4 Å². The molecule has 0 bridgehead atoms. The third kappa shape index (κ3) is 5.91. The maximum Gasteiger partial charge on any atom is 0.123 e. The maximum absolute atomic E-state index is 13.2. The van der Waals surface area contributed by atoms with Crippen molar-refractivity contribution < 1.29 is 9.50 Å². The van der Waals surface area contributed by atoms with E-state index in [1.807, 2.05) is 72.9 Å². The minimum atomic E-state index is -0.564. The van der Waals surface area contributed by atoms with Gasteiger partial charge in [-0.2, -0.15) is 0 Å². The Morgan fingerprint density at radius 2 is 1.42 bits per heavy atom. The van der Waals surface area contributed by atoms with Gasteiger partial charge in [-0.3, -0.25) is 4.90 Å². The Bertz CT molecular complexity index is 1060. The van der Waals surface area contributed by atoms with Crippen LogP contribution < -0.4 is 0 Å². The molecule has 0 radical (unpaired) electrons. The summed E-state index contributed by atoms with van der Waals surface area (Å²) in [7, 11) is 0. The van der Waals surface area contributed by atoms with Gasteiger partial charge in [0.15, 0.2) is 0 Å². The van der Waals surface area contributed by atoms with Crippen LogP contribution in [0.5, 0.6) is 0 Å². The van der Waals surface area contributed by atoms with Crippen LogP contribution in [0.4, 0.5) is 4.39 Å². The van der Waals surface area contributed by atoms with Gasteiger partial charge in [0.2, 0.25) is 0 Å². The second kappa shape index (κ2) is 10.2. The van der Waals surface area contributed by atoms with Crippen molar-refractivity contribution in [3.05, 3.63) is 131 Å². The molecule has 1 unspecified atom stereocenters. The zero-order valence-electron chi connectivity index (χ0n) is 17.4. The summed E-state index contributed by atoms with van der Waals surface area (Å²) in [5.41, 5.74) is 4.33. The number of aromatic nitrogens is 1. The monoisotopic (exact) mass is 414 g/mol. The van der Waals surface area contributed by atoms with Gasteiger partial charge in [0.25, 0.3) is 0 Å². The number of benzene rings is 3. The lowest BCUT2D eigenvalue weighted by Crippen LogP contribution is -2.29. The van der Waals surface area contributed by atoms with Crippen molar-refractivity contribution in [2.45, 2.75) is 25.7 Å². The van der Waals surface area contributed by atoms with Gasteiger partial charge in [-0.05, 0) is 41.0 Å². The molecule has 0 aliphatic rings. The van der Waals surface area contributed by atoms with Gasteiger partial charge in [0.05, 0.1) is 6.10 Å². The van der Waals surface area contributed by atoms with Crippen LogP contribution in [0.25, 0.3) is 0 Å². The predicted octanol–water partition coefficient (Wildman–Crippen LogP) is 5.41. The van der Waals surface area contributed by atoms with E-state index in [4.69, 9.17) is 0 Å². The molecule has 0 aliphatic heterocycles. The molecule has 0 spiro atoms. The zero-order chi connectivity index (χ0) is 21.5. The Morgan fingerprint density at radius 3 is 2.13 bits per heavy atom. The third-order valence-corrected chi connectivity index (χ3v) is 5.44. The maximum atomic E-state index is 13.2. The normalized spacial score (nSPS) is 12.2. The van der Waals surface area contributed by atoms with Crippen LogP contribution in [0.2, 0.25) is 0 Å². The highest BCUT2D eigenvalue weighted by Gasteiger charge is 2.16. The highest BCUT2D eigenvalue weighted by atomic mass is 19.1. The van der Waals surface area contributed by atoms with Crippen LogP contribution in [0.3, 0.4) is 0 Å². The van der Waals surface area contributed by atoms with Crippen molar-refractivity contribution >= 4 is 0 Å². The van der Waals surface area contributed by atoms with E-state index in [0.29, 0.717) is 19.6 Å². The van der Waals surface area contributed by atoms with Gasteiger partial charge in [-0.1, -0.05) is 72.8 Å². The van der Waals surface area contributed by atoms with Crippen molar-refractivity contribution in [3.8, 4) is 0 Å². The molecule has 0 amide bonds.